The Hall–Kier alpha value is -2.15. The molecule has 0 amide bonds. The zero-order chi connectivity index (χ0) is 23.6. The lowest BCUT2D eigenvalue weighted by molar-refractivity contribution is -0.221. The molecule has 4 aliphatic rings. The molecule has 0 aromatic heterocycles. The molecule has 0 aromatic carbocycles. The zero-order valence-electron chi connectivity index (χ0n) is 19.0. The van der Waals surface area contributed by atoms with E-state index in [2.05, 4.69) is 0 Å². The largest absolute Gasteiger partial charge is 0.451 e. The number of allylic oxidation sites excluding steroid dienone is 2. The maximum Gasteiger partial charge on any atom is 0.334 e. The van der Waals surface area contributed by atoms with Gasteiger partial charge in [-0.3, -0.25) is 14.4 Å². The van der Waals surface area contributed by atoms with Crippen molar-refractivity contribution in [3.05, 3.63) is 22.8 Å². The van der Waals surface area contributed by atoms with E-state index < -0.39 is 40.6 Å². The molecule has 0 spiro atoms. The Morgan fingerprint density at radius 1 is 1.06 bits per heavy atom. The predicted octanol–water partition coefficient (Wildman–Crippen LogP) is 3.83. The SMILES string of the molecule is CC(=O)OC1OC(=O)C=C2C(Cl)=C[C@H]3[C@@H]4CC[C@](OC(C)=O)(C(C)=O)[C@@]4(C)CC[C@@H]3[C@]21C. The first-order valence-corrected chi connectivity index (χ1v) is 11.4. The van der Waals surface area contributed by atoms with Crippen LogP contribution in [0.5, 0.6) is 0 Å². The Morgan fingerprint density at radius 2 is 1.72 bits per heavy atom. The number of ether oxygens (including phenoxy) is 3. The number of rotatable bonds is 3. The molecule has 2 saturated carbocycles. The Bertz CT molecular complexity index is 967. The van der Waals surface area contributed by atoms with E-state index in [-0.39, 0.29) is 23.5 Å². The normalized spacial score (nSPS) is 42.4. The average Bonchev–Trinajstić information content (AvgIpc) is 2.97. The van der Waals surface area contributed by atoms with Gasteiger partial charge >= 0.3 is 17.9 Å². The summed E-state index contributed by atoms with van der Waals surface area (Å²) in [5.41, 5.74) is -1.93. The standard InChI is InChI=1S/C24H29ClO7/c1-12(26)24(32-14(3)28)9-7-16-15-10-19(25)18-11-20(29)31-21(30-13(2)27)23(18,5)17(15)6-8-22(16,24)4/h10-11,15-17,21H,6-9H2,1-5H3/t15-,16-,17-,21?,22-,23+,24-/m0/s1. The summed E-state index contributed by atoms with van der Waals surface area (Å²) in [4.78, 5) is 48.8. The molecule has 2 fully saturated rings. The Morgan fingerprint density at radius 3 is 2.31 bits per heavy atom. The van der Waals surface area contributed by atoms with E-state index in [4.69, 9.17) is 25.8 Å². The van der Waals surface area contributed by atoms with Crippen molar-refractivity contribution in [2.75, 3.05) is 0 Å². The molecule has 4 rings (SSSR count). The van der Waals surface area contributed by atoms with Crippen molar-refractivity contribution < 1.29 is 33.4 Å². The maximum atomic E-state index is 12.8. The summed E-state index contributed by atoms with van der Waals surface area (Å²) >= 11 is 6.71. The van der Waals surface area contributed by atoms with Crippen LogP contribution in [0, 0.1) is 28.6 Å². The molecule has 1 unspecified atom stereocenters. The predicted molar refractivity (Wildman–Crippen MR) is 114 cm³/mol. The highest BCUT2D eigenvalue weighted by Crippen LogP contribution is 2.68. The van der Waals surface area contributed by atoms with Gasteiger partial charge in [-0.15, -0.1) is 0 Å². The van der Waals surface area contributed by atoms with Crippen molar-refractivity contribution in [1.82, 2.24) is 0 Å². The van der Waals surface area contributed by atoms with Crippen LogP contribution in [-0.4, -0.2) is 35.6 Å². The molecule has 8 heteroatoms. The first kappa shape index (κ1) is 23.0. The smallest absolute Gasteiger partial charge is 0.334 e. The highest BCUT2D eigenvalue weighted by Gasteiger charge is 2.69. The summed E-state index contributed by atoms with van der Waals surface area (Å²) in [6.45, 7) is 8.06. The fraction of sp³-hybridized carbons (Fsp3) is 0.667. The van der Waals surface area contributed by atoms with E-state index in [9.17, 15) is 19.2 Å². The number of carbonyl (C=O) groups excluding carboxylic acids is 4. The second-order valence-corrected chi connectivity index (χ2v) is 10.4. The molecule has 3 aliphatic carbocycles. The van der Waals surface area contributed by atoms with Crippen molar-refractivity contribution in [2.45, 2.75) is 72.2 Å². The number of hydrogen-bond acceptors (Lipinski definition) is 7. The van der Waals surface area contributed by atoms with Gasteiger partial charge in [-0.25, -0.2) is 4.79 Å². The quantitative estimate of drug-likeness (QED) is 0.585. The molecule has 0 radical (unpaired) electrons. The van der Waals surface area contributed by atoms with Crippen molar-refractivity contribution in [3.63, 3.8) is 0 Å². The third kappa shape index (κ3) is 3.00. The highest BCUT2D eigenvalue weighted by molar-refractivity contribution is 6.32. The number of ketones is 1. The van der Waals surface area contributed by atoms with Gasteiger partial charge in [0.1, 0.15) is 0 Å². The van der Waals surface area contributed by atoms with Crippen LogP contribution in [0.4, 0.5) is 0 Å². The lowest BCUT2D eigenvalue weighted by atomic mass is 9.48. The number of esters is 3. The van der Waals surface area contributed by atoms with Gasteiger partial charge in [-0.05, 0) is 62.9 Å². The van der Waals surface area contributed by atoms with Crippen LogP contribution in [0.2, 0.25) is 0 Å². The van der Waals surface area contributed by atoms with Gasteiger partial charge in [0.15, 0.2) is 11.4 Å². The maximum absolute atomic E-state index is 12.8. The average molecular weight is 465 g/mol. The van der Waals surface area contributed by atoms with Crippen molar-refractivity contribution >= 4 is 35.3 Å². The summed E-state index contributed by atoms with van der Waals surface area (Å²) in [5.74, 6) is -1.82. The second-order valence-electron chi connectivity index (χ2n) is 10.00. The summed E-state index contributed by atoms with van der Waals surface area (Å²) in [6, 6.07) is 0. The van der Waals surface area contributed by atoms with Gasteiger partial charge in [-0.2, -0.15) is 0 Å². The summed E-state index contributed by atoms with van der Waals surface area (Å²) in [6.07, 6.45) is 4.72. The van der Waals surface area contributed by atoms with Crippen LogP contribution < -0.4 is 0 Å². The molecule has 0 saturated heterocycles. The third-order valence-electron chi connectivity index (χ3n) is 8.53. The molecular weight excluding hydrogens is 436 g/mol. The molecule has 0 bridgehead atoms. The lowest BCUT2D eigenvalue weighted by Gasteiger charge is -2.58. The minimum Gasteiger partial charge on any atom is -0.451 e. The van der Waals surface area contributed by atoms with E-state index in [0.717, 1.165) is 0 Å². The first-order chi connectivity index (χ1) is 14.9. The van der Waals surface area contributed by atoms with Crippen LogP contribution in [0.25, 0.3) is 0 Å². The lowest BCUT2D eigenvalue weighted by Crippen LogP contribution is -2.60. The minimum atomic E-state index is -1.17. The molecule has 174 valence electrons. The van der Waals surface area contributed by atoms with Crippen molar-refractivity contribution in [3.8, 4) is 0 Å². The van der Waals surface area contributed by atoms with Gasteiger partial charge < -0.3 is 14.2 Å². The summed E-state index contributed by atoms with van der Waals surface area (Å²) in [7, 11) is 0. The molecule has 7 nitrogen and oxygen atoms in total. The number of carbonyl (C=O) groups is 4. The van der Waals surface area contributed by atoms with E-state index in [1.165, 1.54) is 26.8 Å². The van der Waals surface area contributed by atoms with E-state index in [1.54, 1.807) is 0 Å². The van der Waals surface area contributed by atoms with Gasteiger partial charge in [-0.1, -0.05) is 24.6 Å². The zero-order valence-corrected chi connectivity index (χ0v) is 19.8. The van der Waals surface area contributed by atoms with Gasteiger partial charge in [0.25, 0.3) is 6.29 Å². The molecule has 1 heterocycles. The number of Topliss-reactive ketones (excluding diaryl/α,β-unsaturated/α-hetero) is 1. The number of halogens is 1. The molecule has 32 heavy (non-hydrogen) atoms. The fourth-order valence-corrected chi connectivity index (χ4v) is 7.51. The fourth-order valence-electron chi connectivity index (χ4n) is 7.11. The minimum absolute atomic E-state index is 0.0206. The Labute approximate surface area is 192 Å². The van der Waals surface area contributed by atoms with Gasteiger partial charge in [0.2, 0.25) is 0 Å². The van der Waals surface area contributed by atoms with Gasteiger partial charge in [0, 0.05) is 30.4 Å². The monoisotopic (exact) mass is 464 g/mol. The summed E-state index contributed by atoms with van der Waals surface area (Å²) < 4.78 is 16.7. The number of cyclic esters (lactones) is 1. The van der Waals surface area contributed by atoms with Crippen LogP contribution in [0.1, 0.15) is 60.3 Å². The first-order valence-electron chi connectivity index (χ1n) is 11.0. The molecule has 1 aliphatic heterocycles. The second kappa shape index (κ2) is 7.44. The molecular formula is C24H29ClO7. The van der Waals surface area contributed by atoms with Crippen molar-refractivity contribution in [1.29, 1.82) is 0 Å². The molecule has 7 atom stereocenters. The third-order valence-corrected chi connectivity index (χ3v) is 8.86. The van der Waals surface area contributed by atoms with E-state index in [1.807, 2.05) is 19.9 Å². The van der Waals surface area contributed by atoms with Crippen LogP contribution in [0.3, 0.4) is 0 Å². The van der Waals surface area contributed by atoms with Gasteiger partial charge in [0.05, 0.1) is 5.41 Å². The Kier molecular flexibility index (Phi) is 5.35. The van der Waals surface area contributed by atoms with Crippen LogP contribution in [-0.2, 0) is 33.4 Å². The Balaban J connectivity index is 1.81. The van der Waals surface area contributed by atoms with Crippen LogP contribution in [0.15, 0.2) is 22.8 Å². The van der Waals surface area contributed by atoms with E-state index in [0.29, 0.717) is 36.3 Å². The molecule has 0 aromatic rings. The van der Waals surface area contributed by atoms with E-state index >= 15 is 0 Å². The van der Waals surface area contributed by atoms with Crippen molar-refractivity contribution in [2.24, 2.45) is 28.6 Å². The molecule has 0 N–H and O–H groups in total. The summed E-state index contributed by atoms with van der Waals surface area (Å²) in [5, 5.41) is 0.430. The van der Waals surface area contributed by atoms with Crippen LogP contribution >= 0.6 is 11.6 Å². The highest BCUT2D eigenvalue weighted by atomic mass is 35.5. The topological polar surface area (TPSA) is 96.0 Å². The number of fused-ring (bicyclic) bond motifs is 5. The number of hydrogen-bond donors (Lipinski definition) is 0.